The summed E-state index contributed by atoms with van der Waals surface area (Å²) in [6.45, 7) is 5.00. The number of carbonyl (C=O) groups is 5. The second-order valence-electron chi connectivity index (χ2n) is 7.99. The molecular formula is C20H37N7O7. The van der Waals surface area contributed by atoms with Crippen LogP contribution in [0.1, 0.15) is 52.9 Å². The van der Waals surface area contributed by atoms with Crippen LogP contribution in [-0.4, -0.2) is 76.5 Å². The van der Waals surface area contributed by atoms with Gasteiger partial charge in [0.2, 0.25) is 17.7 Å². The van der Waals surface area contributed by atoms with E-state index in [1.165, 1.54) is 6.92 Å². The summed E-state index contributed by atoms with van der Waals surface area (Å²) in [7, 11) is 0. The van der Waals surface area contributed by atoms with Crippen molar-refractivity contribution < 1.29 is 34.2 Å². The summed E-state index contributed by atoms with van der Waals surface area (Å²) in [5, 5.41) is 25.3. The molecule has 0 aliphatic rings. The lowest BCUT2D eigenvalue weighted by molar-refractivity contribution is -0.142. The lowest BCUT2D eigenvalue weighted by Gasteiger charge is -2.27. The highest BCUT2D eigenvalue weighted by molar-refractivity contribution is 5.94. The summed E-state index contributed by atoms with van der Waals surface area (Å²) in [5.41, 5.74) is 16.3. The Hall–Kier alpha value is -3.42. The number of rotatable bonds is 16. The normalized spacial score (nSPS) is 15.1. The minimum Gasteiger partial charge on any atom is -0.481 e. The minimum absolute atomic E-state index is 0.0962. The molecule has 0 aliphatic carbocycles. The Balaban J connectivity index is 5.37. The molecule has 0 saturated carbocycles. The minimum atomic E-state index is -1.27. The Morgan fingerprint density at radius 1 is 0.912 bits per heavy atom. The number of nitrogens with zero attached hydrogens (tertiary/aromatic N) is 1. The molecule has 3 amide bonds. The standard InChI is InChI=1S/C20H37N7O7/c1-4-10(2)15(18(32)25-11(3)19(33)34)27-17(31)13(7-8-14(28)29)26-16(30)12(21)6-5-9-24-20(22)23/h10-13,15H,4-9,21H2,1-3H3,(H,25,32)(H,26,30)(H,27,31)(H,28,29)(H,33,34)(H4,22,23,24). The van der Waals surface area contributed by atoms with E-state index in [-0.39, 0.29) is 31.3 Å². The molecule has 5 atom stereocenters. The average molecular weight is 488 g/mol. The smallest absolute Gasteiger partial charge is 0.325 e. The Morgan fingerprint density at radius 3 is 2.03 bits per heavy atom. The van der Waals surface area contributed by atoms with Crippen molar-refractivity contribution in [3.8, 4) is 0 Å². The fourth-order valence-corrected chi connectivity index (χ4v) is 2.79. The number of aliphatic imine (C=N–C) groups is 1. The number of amides is 3. The molecule has 0 rings (SSSR count). The molecule has 0 aromatic carbocycles. The third-order valence-corrected chi connectivity index (χ3v) is 5.11. The summed E-state index contributed by atoms with van der Waals surface area (Å²) < 4.78 is 0. The molecule has 14 heteroatoms. The van der Waals surface area contributed by atoms with E-state index < -0.39 is 60.2 Å². The molecule has 0 bridgehead atoms. The maximum atomic E-state index is 12.9. The van der Waals surface area contributed by atoms with Crippen LogP contribution in [0.5, 0.6) is 0 Å². The molecule has 11 N–H and O–H groups in total. The first-order valence-electron chi connectivity index (χ1n) is 11.0. The number of hydrogen-bond acceptors (Lipinski definition) is 7. The van der Waals surface area contributed by atoms with E-state index in [0.29, 0.717) is 12.8 Å². The van der Waals surface area contributed by atoms with E-state index in [4.69, 9.17) is 27.4 Å². The molecule has 0 aromatic rings. The van der Waals surface area contributed by atoms with E-state index in [9.17, 15) is 24.0 Å². The second kappa shape index (κ2) is 15.4. The van der Waals surface area contributed by atoms with Gasteiger partial charge in [-0.1, -0.05) is 20.3 Å². The number of nitrogens with two attached hydrogens (primary N) is 3. The van der Waals surface area contributed by atoms with Crippen molar-refractivity contribution >= 4 is 35.6 Å². The SMILES string of the molecule is CCC(C)C(NC(=O)C(CCC(=O)O)NC(=O)C(N)CCCN=C(N)N)C(=O)NC(C)C(=O)O. The van der Waals surface area contributed by atoms with Gasteiger partial charge in [-0.25, -0.2) is 0 Å². The fraction of sp³-hybridized carbons (Fsp3) is 0.700. The first-order valence-corrected chi connectivity index (χ1v) is 11.0. The fourth-order valence-electron chi connectivity index (χ4n) is 2.79. The van der Waals surface area contributed by atoms with E-state index in [1.54, 1.807) is 13.8 Å². The first-order chi connectivity index (χ1) is 15.8. The monoisotopic (exact) mass is 487 g/mol. The van der Waals surface area contributed by atoms with Gasteiger partial charge in [0.05, 0.1) is 6.04 Å². The Bertz CT molecular complexity index is 756. The van der Waals surface area contributed by atoms with Crippen LogP contribution in [-0.2, 0) is 24.0 Å². The van der Waals surface area contributed by atoms with Crippen molar-refractivity contribution in [2.45, 2.75) is 77.0 Å². The number of hydrogen-bond donors (Lipinski definition) is 8. The van der Waals surface area contributed by atoms with Crippen LogP contribution in [0.3, 0.4) is 0 Å². The van der Waals surface area contributed by atoms with E-state index in [1.807, 2.05) is 0 Å². The van der Waals surface area contributed by atoms with Crippen LogP contribution < -0.4 is 33.2 Å². The molecule has 14 nitrogen and oxygen atoms in total. The van der Waals surface area contributed by atoms with Crippen molar-refractivity contribution in [3.63, 3.8) is 0 Å². The number of carboxylic acid groups (broad SMARTS) is 2. The predicted octanol–water partition coefficient (Wildman–Crippen LogP) is -2.16. The zero-order chi connectivity index (χ0) is 26.4. The molecule has 5 unspecified atom stereocenters. The van der Waals surface area contributed by atoms with Gasteiger partial charge < -0.3 is 43.4 Å². The van der Waals surface area contributed by atoms with Gasteiger partial charge in [-0.3, -0.25) is 29.0 Å². The van der Waals surface area contributed by atoms with Crippen LogP contribution in [0.25, 0.3) is 0 Å². The van der Waals surface area contributed by atoms with E-state index in [2.05, 4.69) is 20.9 Å². The quantitative estimate of drug-likeness (QED) is 0.0664. The van der Waals surface area contributed by atoms with Gasteiger partial charge in [0.1, 0.15) is 18.1 Å². The lowest BCUT2D eigenvalue weighted by Crippen LogP contribution is -2.58. The number of guanidine groups is 1. The van der Waals surface area contributed by atoms with Crippen molar-refractivity contribution in [2.75, 3.05) is 6.54 Å². The Labute approximate surface area is 198 Å². The highest BCUT2D eigenvalue weighted by atomic mass is 16.4. The average Bonchev–Trinajstić information content (AvgIpc) is 2.76. The second-order valence-corrected chi connectivity index (χ2v) is 7.99. The van der Waals surface area contributed by atoms with Gasteiger partial charge in [0.25, 0.3) is 0 Å². The number of nitrogens with one attached hydrogen (secondary N) is 3. The summed E-state index contributed by atoms with van der Waals surface area (Å²) >= 11 is 0. The molecular weight excluding hydrogens is 450 g/mol. The van der Waals surface area contributed by atoms with Gasteiger partial charge >= 0.3 is 11.9 Å². The summed E-state index contributed by atoms with van der Waals surface area (Å²) in [6.07, 6.45) is 0.423. The number of carboxylic acids is 2. The van der Waals surface area contributed by atoms with Gasteiger partial charge in [0.15, 0.2) is 5.96 Å². The third kappa shape index (κ3) is 12.0. The third-order valence-electron chi connectivity index (χ3n) is 5.11. The molecule has 194 valence electrons. The molecule has 0 saturated heterocycles. The molecule has 34 heavy (non-hydrogen) atoms. The van der Waals surface area contributed by atoms with Crippen LogP contribution in [0.15, 0.2) is 4.99 Å². The van der Waals surface area contributed by atoms with Crippen molar-refractivity contribution in [3.05, 3.63) is 0 Å². The van der Waals surface area contributed by atoms with Crippen LogP contribution in [0.4, 0.5) is 0 Å². The molecule has 0 aliphatic heterocycles. The number of carbonyl (C=O) groups excluding carboxylic acids is 3. The van der Waals surface area contributed by atoms with Gasteiger partial charge in [-0.2, -0.15) is 0 Å². The molecule has 0 spiro atoms. The highest BCUT2D eigenvalue weighted by Gasteiger charge is 2.32. The molecule has 0 radical (unpaired) electrons. The van der Waals surface area contributed by atoms with E-state index >= 15 is 0 Å². The first kappa shape index (κ1) is 30.6. The van der Waals surface area contributed by atoms with Crippen molar-refractivity contribution in [2.24, 2.45) is 28.1 Å². The Kier molecular flexibility index (Phi) is 13.9. The van der Waals surface area contributed by atoms with Crippen molar-refractivity contribution in [1.29, 1.82) is 0 Å². The molecule has 0 fully saturated rings. The molecule has 0 aromatic heterocycles. The van der Waals surface area contributed by atoms with Gasteiger partial charge in [-0.05, 0) is 32.1 Å². The van der Waals surface area contributed by atoms with Gasteiger partial charge in [0, 0.05) is 13.0 Å². The zero-order valence-electron chi connectivity index (χ0n) is 19.7. The van der Waals surface area contributed by atoms with Crippen LogP contribution in [0, 0.1) is 5.92 Å². The lowest BCUT2D eigenvalue weighted by atomic mass is 9.97. The van der Waals surface area contributed by atoms with E-state index in [0.717, 1.165) is 0 Å². The highest BCUT2D eigenvalue weighted by Crippen LogP contribution is 2.10. The zero-order valence-corrected chi connectivity index (χ0v) is 19.7. The van der Waals surface area contributed by atoms with Gasteiger partial charge in [-0.15, -0.1) is 0 Å². The number of aliphatic carboxylic acids is 2. The largest absolute Gasteiger partial charge is 0.481 e. The van der Waals surface area contributed by atoms with Crippen LogP contribution in [0.2, 0.25) is 0 Å². The maximum Gasteiger partial charge on any atom is 0.325 e. The Morgan fingerprint density at radius 2 is 1.53 bits per heavy atom. The van der Waals surface area contributed by atoms with Crippen molar-refractivity contribution in [1.82, 2.24) is 16.0 Å². The van der Waals surface area contributed by atoms with Crippen LogP contribution >= 0.6 is 0 Å². The predicted molar refractivity (Wildman–Crippen MR) is 123 cm³/mol. The summed E-state index contributed by atoms with van der Waals surface area (Å²) in [6, 6.07) is -4.56. The molecule has 0 heterocycles. The summed E-state index contributed by atoms with van der Waals surface area (Å²) in [4.78, 5) is 63.8. The topological polar surface area (TPSA) is 252 Å². The summed E-state index contributed by atoms with van der Waals surface area (Å²) in [5.74, 6) is -5.08. The maximum absolute atomic E-state index is 12.9.